The van der Waals surface area contributed by atoms with Crippen LogP contribution >= 0.6 is 0 Å². The standard InChI is InChI=1S/C13H28O4/c1-4-5-6-7-8-9-10-11-12-13(2)15-17-16-14-3/h13H,4-12H2,1-3H3. The van der Waals surface area contributed by atoms with Crippen LogP contribution in [0.3, 0.4) is 0 Å². The first-order chi connectivity index (χ1) is 8.31. The molecule has 1 atom stereocenters. The van der Waals surface area contributed by atoms with Gasteiger partial charge in [0.1, 0.15) is 0 Å². The van der Waals surface area contributed by atoms with Crippen molar-refractivity contribution in [1.29, 1.82) is 0 Å². The average molecular weight is 248 g/mol. The smallest absolute Gasteiger partial charge is 0.0934 e. The molecule has 4 heteroatoms. The Morgan fingerprint density at radius 1 is 0.824 bits per heavy atom. The number of rotatable bonds is 13. The largest absolute Gasteiger partial charge is 0.207 e. The molecule has 104 valence electrons. The number of hydrogen-bond donors (Lipinski definition) is 0. The summed E-state index contributed by atoms with van der Waals surface area (Å²) in [6.07, 6.45) is 11.6. The molecule has 0 saturated carbocycles. The fraction of sp³-hybridized carbons (Fsp3) is 1.00. The zero-order valence-corrected chi connectivity index (χ0v) is 11.6. The Balaban J connectivity index is 3.05. The van der Waals surface area contributed by atoms with E-state index in [2.05, 4.69) is 21.9 Å². The number of hydrogen-bond acceptors (Lipinski definition) is 4. The van der Waals surface area contributed by atoms with Crippen molar-refractivity contribution in [3.8, 4) is 0 Å². The second-order valence-electron chi connectivity index (χ2n) is 4.47. The Hall–Kier alpha value is -0.160. The molecular weight excluding hydrogens is 220 g/mol. The van der Waals surface area contributed by atoms with Gasteiger partial charge in [0.05, 0.1) is 13.2 Å². The minimum atomic E-state index is 0.0465. The SMILES string of the molecule is CCCCCCCCCCC(C)OOOOC. The summed E-state index contributed by atoms with van der Waals surface area (Å²) in [4.78, 5) is 9.13. The molecule has 0 aliphatic heterocycles. The van der Waals surface area contributed by atoms with Crippen molar-refractivity contribution in [2.45, 2.75) is 77.7 Å². The first-order valence-electron chi connectivity index (χ1n) is 6.84. The Labute approximate surface area is 105 Å². The summed E-state index contributed by atoms with van der Waals surface area (Å²) < 4.78 is 0. The first kappa shape index (κ1) is 16.8. The van der Waals surface area contributed by atoms with Crippen molar-refractivity contribution < 1.29 is 19.9 Å². The molecule has 0 fully saturated rings. The van der Waals surface area contributed by atoms with Crippen molar-refractivity contribution in [2.75, 3.05) is 7.11 Å². The molecule has 0 aromatic heterocycles. The van der Waals surface area contributed by atoms with E-state index in [-0.39, 0.29) is 6.10 Å². The lowest BCUT2D eigenvalue weighted by molar-refractivity contribution is -0.636. The van der Waals surface area contributed by atoms with Crippen LogP contribution in [0.5, 0.6) is 0 Å². The molecule has 0 aromatic carbocycles. The molecule has 0 saturated heterocycles. The van der Waals surface area contributed by atoms with Crippen molar-refractivity contribution in [3.05, 3.63) is 0 Å². The van der Waals surface area contributed by atoms with Crippen molar-refractivity contribution in [1.82, 2.24) is 0 Å². The van der Waals surface area contributed by atoms with Gasteiger partial charge in [0, 0.05) is 0 Å². The van der Waals surface area contributed by atoms with E-state index in [0.717, 1.165) is 6.42 Å². The van der Waals surface area contributed by atoms with Crippen LogP contribution in [0.2, 0.25) is 0 Å². The van der Waals surface area contributed by atoms with Crippen LogP contribution < -0.4 is 0 Å². The topological polar surface area (TPSA) is 36.9 Å². The van der Waals surface area contributed by atoms with Crippen LogP contribution in [-0.4, -0.2) is 13.2 Å². The maximum Gasteiger partial charge on any atom is 0.0934 e. The van der Waals surface area contributed by atoms with Crippen LogP contribution in [0.15, 0.2) is 0 Å². The highest BCUT2D eigenvalue weighted by atomic mass is 17.7. The summed E-state index contributed by atoms with van der Waals surface area (Å²) in [5.41, 5.74) is 0. The van der Waals surface area contributed by atoms with Gasteiger partial charge in [-0.05, 0) is 23.4 Å². The molecule has 1 unspecified atom stereocenters. The minimum absolute atomic E-state index is 0.0465. The molecule has 0 bridgehead atoms. The molecule has 0 N–H and O–H groups in total. The monoisotopic (exact) mass is 248 g/mol. The molecule has 0 aliphatic carbocycles. The Morgan fingerprint density at radius 3 is 2.00 bits per heavy atom. The summed E-state index contributed by atoms with van der Waals surface area (Å²) in [5.74, 6) is 0. The molecule has 0 rings (SSSR count). The summed E-state index contributed by atoms with van der Waals surface area (Å²) in [6.45, 7) is 4.21. The summed E-state index contributed by atoms with van der Waals surface area (Å²) in [6, 6.07) is 0. The van der Waals surface area contributed by atoms with Crippen LogP contribution in [0.1, 0.15) is 71.6 Å². The van der Waals surface area contributed by atoms with Gasteiger partial charge in [0.25, 0.3) is 0 Å². The Bertz CT molecular complexity index is 141. The number of unbranched alkanes of at least 4 members (excludes halogenated alkanes) is 7. The van der Waals surface area contributed by atoms with E-state index in [0.29, 0.717) is 0 Å². The fourth-order valence-electron chi connectivity index (χ4n) is 1.72. The van der Waals surface area contributed by atoms with E-state index in [1.165, 1.54) is 58.5 Å². The van der Waals surface area contributed by atoms with Gasteiger partial charge in [-0.25, -0.2) is 9.78 Å². The van der Waals surface area contributed by atoms with Crippen molar-refractivity contribution in [3.63, 3.8) is 0 Å². The van der Waals surface area contributed by atoms with Gasteiger partial charge >= 0.3 is 0 Å². The molecule has 0 amide bonds. The van der Waals surface area contributed by atoms with Gasteiger partial charge in [-0.3, -0.25) is 0 Å². The van der Waals surface area contributed by atoms with Crippen LogP contribution in [0, 0.1) is 0 Å². The van der Waals surface area contributed by atoms with Gasteiger partial charge in [0.15, 0.2) is 0 Å². The van der Waals surface area contributed by atoms with Crippen LogP contribution in [0.25, 0.3) is 0 Å². The lowest BCUT2D eigenvalue weighted by Crippen LogP contribution is -2.09. The van der Waals surface area contributed by atoms with Crippen LogP contribution in [-0.2, 0) is 19.9 Å². The van der Waals surface area contributed by atoms with E-state index in [9.17, 15) is 0 Å². The molecule has 0 aliphatic rings. The molecule has 0 radical (unpaired) electrons. The van der Waals surface area contributed by atoms with Gasteiger partial charge in [-0.2, -0.15) is 0 Å². The third kappa shape index (κ3) is 13.8. The molecular formula is C13H28O4. The average Bonchev–Trinajstić information content (AvgIpc) is 2.33. The normalized spacial score (nSPS) is 12.9. The van der Waals surface area contributed by atoms with E-state index < -0.39 is 0 Å². The minimum Gasteiger partial charge on any atom is -0.207 e. The predicted molar refractivity (Wildman–Crippen MR) is 67.0 cm³/mol. The first-order valence-corrected chi connectivity index (χ1v) is 6.84. The molecule has 0 aromatic rings. The van der Waals surface area contributed by atoms with Crippen molar-refractivity contribution >= 4 is 0 Å². The van der Waals surface area contributed by atoms with Gasteiger partial charge in [-0.15, -0.1) is 0 Å². The molecule has 4 nitrogen and oxygen atoms in total. The highest BCUT2D eigenvalue weighted by Crippen LogP contribution is 2.11. The highest BCUT2D eigenvalue weighted by Gasteiger charge is 2.03. The lowest BCUT2D eigenvalue weighted by Gasteiger charge is -2.09. The van der Waals surface area contributed by atoms with Gasteiger partial charge < -0.3 is 0 Å². The van der Waals surface area contributed by atoms with Crippen LogP contribution in [0.4, 0.5) is 0 Å². The lowest BCUT2D eigenvalue weighted by atomic mass is 10.1. The summed E-state index contributed by atoms with van der Waals surface area (Å²) in [5, 5.41) is 8.51. The maximum absolute atomic E-state index is 4.89. The van der Waals surface area contributed by atoms with Gasteiger partial charge in [-0.1, -0.05) is 58.3 Å². The molecule has 17 heavy (non-hydrogen) atoms. The van der Waals surface area contributed by atoms with E-state index in [1.807, 2.05) is 6.92 Å². The quantitative estimate of drug-likeness (QED) is 0.276. The second-order valence-corrected chi connectivity index (χ2v) is 4.47. The summed E-state index contributed by atoms with van der Waals surface area (Å²) in [7, 11) is 1.37. The fourth-order valence-corrected chi connectivity index (χ4v) is 1.72. The van der Waals surface area contributed by atoms with E-state index in [4.69, 9.17) is 4.89 Å². The van der Waals surface area contributed by atoms with Crippen molar-refractivity contribution in [2.24, 2.45) is 0 Å². The summed E-state index contributed by atoms with van der Waals surface area (Å²) >= 11 is 0. The third-order valence-electron chi connectivity index (χ3n) is 2.76. The van der Waals surface area contributed by atoms with Gasteiger partial charge in [0.2, 0.25) is 0 Å². The zero-order chi connectivity index (χ0) is 12.8. The second kappa shape index (κ2) is 13.9. The molecule has 0 spiro atoms. The Morgan fingerprint density at radius 2 is 1.41 bits per heavy atom. The predicted octanol–water partition coefficient (Wildman–Crippen LogP) is 4.35. The van der Waals surface area contributed by atoms with E-state index >= 15 is 0 Å². The Kier molecular flexibility index (Phi) is 13.8. The highest BCUT2D eigenvalue weighted by molar-refractivity contribution is 4.50. The van der Waals surface area contributed by atoms with E-state index in [1.54, 1.807) is 0 Å². The molecule has 0 heterocycles. The third-order valence-corrected chi connectivity index (χ3v) is 2.76. The maximum atomic E-state index is 4.89. The zero-order valence-electron chi connectivity index (χ0n) is 11.6.